The first-order valence-electron chi connectivity index (χ1n) is 7.11. The van der Waals surface area contributed by atoms with Gasteiger partial charge in [-0.15, -0.1) is 0 Å². The Morgan fingerprint density at radius 2 is 1.89 bits per heavy atom. The number of carbonyl (C=O) groups is 1. The number of benzene rings is 1. The number of rotatable bonds is 2. The molecule has 0 unspecified atom stereocenters. The maximum atomic E-state index is 11.2. The summed E-state index contributed by atoms with van der Waals surface area (Å²) in [5, 5.41) is 9.18. The quantitative estimate of drug-likeness (QED) is 0.858. The molecule has 2 nitrogen and oxygen atoms in total. The fraction of sp³-hybridized carbons (Fsp3) is 0.562. The molecular formula is C16H20O2. The summed E-state index contributed by atoms with van der Waals surface area (Å²) in [5.74, 6) is -0.215. The van der Waals surface area contributed by atoms with Crippen LogP contribution in [-0.2, 0) is 11.2 Å². The minimum atomic E-state index is -0.667. The standard InChI is InChI=1S/C16H20O2/c17-16(18)15-9-7-13-10-12(6-8-14(13)15)11-4-2-1-3-5-11/h6,8,10-11,15H,1-5,7,9H2,(H,17,18)/t15-/m1/s1. The van der Waals surface area contributed by atoms with Gasteiger partial charge in [-0.25, -0.2) is 0 Å². The molecule has 0 aromatic heterocycles. The zero-order valence-corrected chi connectivity index (χ0v) is 10.7. The van der Waals surface area contributed by atoms with E-state index in [0.717, 1.165) is 18.4 Å². The van der Waals surface area contributed by atoms with E-state index in [4.69, 9.17) is 0 Å². The highest BCUT2D eigenvalue weighted by Gasteiger charge is 2.29. The maximum Gasteiger partial charge on any atom is 0.310 e. The molecule has 0 saturated heterocycles. The summed E-state index contributed by atoms with van der Waals surface area (Å²) < 4.78 is 0. The van der Waals surface area contributed by atoms with E-state index in [1.807, 2.05) is 0 Å². The molecule has 3 rings (SSSR count). The van der Waals surface area contributed by atoms with Gasteiger partial charge in [0, 0.05) is 0 Å². The van der Waals surface area contributed by atoms with Crippen molar-refractivity contribution in [2.24, 2.45) is 0 Å². The summed E-state index contributed by atoms with van der Waals surface area (Å²) in [6.07, 6.45) is 8.40. The molecule has 2 aliphatic rings. The van der Waals surface area contributed by atoms with E-state index in [1.165, 1.54) is 43.2 Å². The topological polar surface area (TPSA) is 37.3 Å². The van der Waals surface area contributed by atoms with E-state index in [2.05, 4.69) is 18.2 Å². The van der Waals surface area contributed by atoms with Gasteiger partial charge in [-0.2, -0.15) is 0 Å². The van der Waals surface area contributed by atoms with E-state index in [0.29, 0.717) is 5.92 Å². The maximum absolute atomic E-state index is 11.2. The largest absolute Gasteiger partial charge is 0.481 e. The molecule has 18 heavy (non-hydrogen) atoms. The second kappa shape index (κ2) is 4.75. The molecule has 1 N–H and O–H groups in total. The van der Waals surface area contributed by atoms with Gasteiger partial charge in [0.1, 0.15) is 0 Å². The van der Waals surface area contributed by atoms with Crippen LogP contribution in [0.1, 0.15) is 67.1 Å². The van der Waals surface area contributed by atoms with E-state index >= 15 is 0 Å². The lowest BCUT2D eigenvalue weighted by Crippen LogP contribution is -2.08. The van der Waals surface area contributed by atoms with Crippen molar-refractivity contribution in [3.8, 4) is 0 Å². The molecule has 0 aliphatic heterocycles. The Balaban J connectivity index is 1.86. The van der Waals surface area contributed by atoms with E-state index in [1.54, 1.807) is 0 Å². The molecule has 0 heterocycles. The predicted octanol–water partition coefficient (Wildman–Crippen LogP) is 3.85. The Bertz CT molecular complexity index is 458. The molecule has 2 heteroatoms. The highest BCUT2D eigenvalue weighted by molar-refractivity contribution is 5.77. The Morgan fingerprint density at radius 1 is 1.11 bits per heavy atom. The van der Waals surface area contributed by atoms with Gasteiger partial charge in [0.2, 0.25) is 0 Å². The number of fused-ring (bicyclic) bond motifs is 1. The minimum absolute atomic E-state index is 0.264. The SMILES string of the molecule is O=C(O)[C@@H]1CCc2cc(C3CCCCC3)ccc21. The molecule has 2 aliphatic carbocycles. The van der Waals surface area contributed by atoms with Crippen LogP contribution in [0.25, 0.3) is 0 Å². The fourth-order valence-electron chi connectivity index (χ4n) is 3.58. The summed E-state index contributed by atoms with van der Waals surface area (Å²) in [4.78, 5) is 11.2. The zero-order chi connectivity index (χ0) is 12.5. The number of hydrogen-bond donors (Lipinski definition) is 1. The Kier molecular flexibility index (Phi) is 3.11. The predicted molar refractivity (Wildman–Crippen MR) is 71.0 cm³/mol. The van der Waals surface area contributed by atoms with Gasteiger partial charge in [-0.3, -0.25) is 4.79 Å². The Hall–Kier alpha value is -1.31. The Labute approximate surface area is 108 Å². The van der Waals surface area contributed by atoms with Crippen molar-refractivity contribution in [1.82, 2.24) is 0 Å². The number of aryl methyl sites for hydroxylation is 1. The lowest BCUT2D eigenvalue weighted by atomic mass is 9.83. The highest BCUT2D eigenvalue weighted by atomic mass is 16.4. The molecule has 0 radical (unpaired) electrons. The van der Waals surface area contributed by atoms with Crippen molar-refractivity contribution in [2.45, 2.75) is 56.8 Å². The first kappa shape index (κ1) is 11.8. The van der Waals surface area contributed by atoms with Gasteiger partial charge in [0.25, 0.3) is 0 Å². The summed E-state index contributed by atoms with van der Waals surface area (Å²) in [5.41, 5.74) is 3.78. The van der Waals surface area contributed by atoms with Gasteiger partial charge in [0.05, 0.1) is 5.92 Å². The molecule has 1 atom stereocenters. The third-order valence-electron chi connectivity index (χ3n) is 4.62. The second-order valence-electron chi connectivity index (χ2n) is 5.72. The van der Waals surface area contributed by atoms with E-state index in [-0.39, 0.29) is 5.92 Å². The third kappa shape index (κ3) is 2.05. The molecule has 1 aromatic carbocycles. The van der Waals surface area contributed by atoms with Crippen molar-refractivity contribution in [2.75, 3.05) is 0 Å². The van der Waals surface area contributed by atoms with Gasteiger partial charge in [-0.05, 0) is 48.3 Å². The molecule has 0 bridgehead atoms. The van der Waals surface area contributed by atoms with Crippen molar-refractivity contribution in [3.05, 3.63) is 34.9 Å². The number of carboxylic acids is 1. The number of hydrogen-bond acceptors (Lipinski definition) is 1. The molecule has 1 fully saturated rings. The third-order valence-corrected chi connectivity index (χ3v) is 4.62. The number of carboxylic acid groups (broad SMARTS) is 1. The number of aliphatic carboxylic acids is 1. The molecule has 0 amide bonds. The van der Waals surface area contributed by atoms with Gasteiger partial charge >= 0.3 is 5.97 Å². The summed E-state index contributed by atoms with van der Waals surface area (Å²) in [6, 6.07) is 6.54. The smallest absolute Gasteiger partial charge is 0.310 e. The first-order chi connectivity index (χ1) is 8.75. The summed E-state index contributed by atoms with van der Waals surface area (Å²) >= 11 is 0. The van der Waals surface area contributed by atoms with Crippen LogP contribution in [0, 0.1) is 0 Å². The van der Waals surface area contributed by atoms with Crippen molar-refractivity contribution in [3.63, 3.8) is 0 Å². The minimum Gasteiger partial charge on any atom is -0.481 e. The van der Waals surface area contributed by atoms with Gasteiger partial charge in [0.15, 0.2) is 0 Å². The monoisotopic (exact) mass is 244 g/mol. The molecule has 96 valence electrons. The van der Waals surface area contributed by atoms with Crippen LogP contribution in [-0.4, -0.2) is 11.1 Å². The van der Waals surface area contributed by atoms with Crippen molar-refractivity contribution < 1.29 is 9.90 Å². The average Bonchev–Trinajstić information content (AvgIpc) is 2.82. The van der Waals surface area contributed by atoms with Crippen LogP contribution < -0.4 is 0 Å². The molecule has 1 aromatic rings. The zero-order valence-electron chi connectivity index (χ0n) is 10.7. The Morgan fingerprint density at radius 3 is 2.61 bits per heavy atom. The normalized spacial score (nSPS) is 23.9. The van der Waals surface area contributed by atoms with Crippen molar-refractivity contribution >= 4 is 5.97 Å². The van der Waals surface area contributed by atoms with Crippen LogP contribution in [0.2, 0.25) is 0 Å². The molecule has 0 spiro atoms. The van der Waals surface area contributed by atoms with Crippen LogP contribution in [0.4, 0.5) is 0 Å². The lowest BCUT2D eigenvalue weighted by Gasteiger charge is -2.22. The average molecular weight is 244 g/mol. The molecule has 1 saturated carbocycles. The highest BCUT2D eigenvalue weighted by Crippen LogP contribution is 2.38. The fourth-order valence-corrected chi connectivity index (χ4v) is 3.58. The van der Waals surface area contributed by atoms with Crippen LogP contribution >= 0.6 is 0 Å². The van der Waals surface area contributed by atoms with Crippen LogP contribution in [0.5, 0.6) is 0 Å². The lowest BCUT2D eigenvalue weighted by molar-refractivity contribution is -0.138. The van der Waals surface area contributed by atoms with Crippen LogP contribution in [0.15, 0.2) is 18.2 Å². The van der Waals surface area contributed by atoms with E-state index < -0.39 is 5.97 Å². The first-order valence-corrected chi connectivity index (χ1v) is 7.11. The van der Waals surface area contributed by atoms with E-state index in [9.17, 15) is 9.90 Å². The summed E-state index contributed by atoms with van der Waals surface area (Å²) in [6.45, 7) is 0. The van der Waals surface area contributed by atoms with Crippen LogP contribution in [0.3, 0.4) is 0 Å². The van der Waals surface area contributed by atoms with Gasteiger partial charge < -0.3 is 5.11 Å². The molecular weight excluding hydrogens is 224 g/mol. The summed E-state index contributed by atoms with van der Waals surface area (Å²) in [7, 11) is 0. The van der Waals surface area contributed by atoms with Crippen molar-refractivity contribution in [1.29, 1.82) is 0 Å². The van der Waals surface area contributed by atoms with Gasteiger partial charge in [-0.1, -0.05) is 37.5 Å². The second-order valence-corrected chi connectivity index (χ2v) is 5.72.